The van der Waals surface area contributed by atoms with E-state index in [0.29, 0.717) is 6.04 Å². The van der Waals surface area contributed by atoms with Gasteiger partial charge in [0.1, 0.15) is 6.54 Å². The molecule has 0 saturated heterocycles. The molecule has 0 radical (unpaired) electrons. The summed E-state index contributed by atoms with van der Waals surface area (Å²) >= 11 is 0. The van der Waals surface area contributed by atoms with Crippen LogP contribution in [0.25, 0.3) is 0 Å². The number of nitrogens with one attached hydrogen (secondary N) is 2. The van der Waals surface area contributed by atoms with Crippen molar-refractivity contribution in [2.45, 2.75) is 38.3 Å². The second-order valence-corrected chi connectivity index (χ2v) is 6.31. The highest BCUT2D eigenvalue weighted by atomic mass is 16.1. The minimum absolute atomic E-state index is 0.0385. The molecule has 1 heterocycles. The number of anilines is 1. The van der Waals surface area contributed by atoms with Crippen LogP contribution in [0, 0.1) is 5.92 Å². The summed E-state index contributed by atoms with van der Waals surface area (Å²) in [7, 11) is 1.64. The fourth-order valence-electron chi connectivity index (χ4n) is 3.33. The summed E-state index contributed by atoms with van der Waals surface area (Å²) in [5, 5.41) is 10.4. The highest BCUT2D eigenvalue weighted by Crippen LogP contribution is 2.30. The number of carbonyl (C=O) groups is 1. The molecule has 23 heavy (non-hydrogen) atoms. The van der Waals surface area contributed by atoms with Gasteiger partial charge in [0.2, 0.25) is 5.91 Å². The molecule has 1 aliphatic rings. The summed E-state index contributed by atoms with van der Waals surface area (Å²) in [4.78, 5) is 11.4. The normalized spacial score (nSPS) is 20.4. The van der Waals surface area contributed by atoms with E-state index in [1.807, 2.05) is 6.20 Å². The van der Waals surface area contributed by atoms with Crippen LogP contribution in [0.1, 0.15) is 24.8 Å². The number of benzene rings is 1. The molecule has 3 rings (SSSR count). The molecule has 5 heteroatoms. The van der Waals surface area contributed by atoms with E-state index in [9.17, 15) is 4.79 Å². The Morgan fingerprint density at radius 2 is 2.13 bits per heavy atom. The number of carbonyl (C=O) groups excluding carboxylic acids is 1. The Bertz CT molecular complexity index is 637. The summed E-state index contributed by atoms with van der Waals surface area (Å²) in [6, 6.07) is 11.2. The van der Waals surface area contributed by atoms with Crippen LogP contribution in [0.4, 0.5) is 5.69 Å². The quantitative estimate of drug-likeness (QED) is 0.861. The van der Waals surface area contributed by atoms with Crippen molar-refractivity contribution in [2.75, 3.05) is 12.4 Å². The molecule has 0 spiro atoms. The van der Waals surface area contributed by atoms with Gasteiger partial charge in [0.25, 0.3) is 0 Å². The van der Waals surface area contributed by atoms with E-state index in [0.717, 1.165) is 18.0 Å². The first kappa shape index (κ1) is 15.6. The molecule has 0 unspecified atom stereocenters. The highest BCUT2D eigenvalue weighted by Gasteiger charge is 2.24. The lowest BCUT2D eigenvalue weighted by atomic mass is 9.98. The Hall–Kier alpha value is -2.30. The summed E-state index contributed by atoms with van der Waals surface area (Å²) in [5.74, 6) is 0.708. The van der Waals surface area contributed by atoms with Gasteiger partial charge in [-0.15, -0.1) is 0 Å². The van der Waals surface area contributed by atoms with Crippen molar-refractivity contribution in [1.82, 2.24) is 15.1 Å². The van der Waals surface area contributed by atoms with Crippen molar-refractivity contribution in [3.8, 4) is 0 Å². The lowest BCUT2D eigenvalue weighted by Gasteiger charge is -2.13. The Morgan fingerprint density at radius 1 is 1.30 bits per heavy atom. The maximum atomic E-state index is 11.4. The van der Waals surface area contributed by atoms with Gasteiger partial charge >= 0.3 is 0 Å². The second-order valence-electron chi connectivity index (χ2n) is 6.31. The van der Waals surface area contributed by atoms with Gasteiger partial charge in [0.05, 0.1) is 11.9 Å². The molecule has 2 N–H and O–H groups in total. The molecule has 1 amide bonds. The van der Waals surface area contributed by atoms with Crippen LogP contribution in [0.3, 0.4) is 0 Å². The number of likely N-dealkylation sites (N-methyl/N-ethyl adjacent to an activating group) is 1. The van der Waals surface area contributed by atoms with Gasteiger partial charge in [-0.2, -0.15) is 5.10 Å². The van der Waals surface area contributed by atoms with Crippen molar-refractivity contribution < 1.29 is 4.79 Å². The van der Waals surface area contributed by atoms with Crippen LogP contribution < -0.4 is 10.6 Å². The van der Waals surface area contributed by atoms with Gasteiger partial charge in [-0.05, 0) is 37.2 Å². The number of amides is 1. The first-order chi connectivity index (χ1) is 11.2. The third-order valence-corrected chi connectivity index (χ3v) is 4.50. The summed E-state index contributed by atoms with van der Waals surface area (Å²) < 4.78 is 1.66. The molecule has 5 nitrogen and oxygen atoms in total. The first-order valence-corrected chi connectivity index (χ1v) is 8.26. The molecule has 122 valence electrons. The average molecular weight is 312 g/mol. The fourth-order valence-corrected chi connectivity index (χ4v) is 3.33. The molecule has 0 aliphatic heterocycles. The number of nitrogens with zero attached hydrogens (tertiary/aromatic N) is 2. The number of rotatable bonds is 6. The third-order valence-electron chi connectivity index (χ3n) is 4.50. The van der Waals surface area contributed by atoms with Crippen molar-refractivity contribution >= 4 is 11.6 Å². The molecular weight excluding hydrogens is 288 g/mol. The maximum absolute atomic E-state index is 11.4. The molecule has 2 atom stereocenters. The molecule has 1 aromatic heterocycles. The fraction of sp³-hybridized carbons (Fsp3) is 0.444. The van der Waals surface area contributed by atoms with Crippen LogP contribution in [-0.2, 0) is 17.8 Å². The Morgan fingerprint density at radius 3 is 2.91 bits per heavy atom. The van der Waals surface area contributed by atoms with Gasteiger partial charge in [-0.3, -0.25) is 9.48 Å². The lowest BCUT2D eigenvalue weighted by Crippen LogP contribution is -2.23. The van der Waals surface area contributed by atoms with E-state index < -0.39 is 0 Å². The van der Waals surface area contributed by atoms with Gasteiger partial charge in [-0.1, -0.05) is 30.3 Å². The molecule has 1 fully saturated rings. The van der Waals surface area contributed by atoms with Crippen molar-refractivity contribution in [3.05, 3.63) is 48.3 Å². The van der Waals surface area contributed by atoms with Crippen molar-refractivity contribution in [2.24, 2.45) is 5.92 Å². The average Bonchev–Trinajstić information content (AvgIpc) is 3.18. The third kappa shape index (κ3) is 4.34. The van der Waals surface area contributed by atoms with E-state index in [2.05, 4.69) is 46.1 Å². The topological polar surface area (TPSA) is 59.0 Å². The standard InChI is InChI=1S/C18H24N4O/c1-19-18(23)13-22-12-17(11-20-22)21-16-8-7-15(10-16)9-14-5-3-2-4-6-14/h2-6,11-12,15-16,21H,7-10,13H2,1H3,(H,19,23)/t15-,16-/m1/s1. The van der Waals surface area contributed by atoms with E-state index in [1.54, 1.807) is 17.9 Å². The lowest BCUT2D eigenvalue weighted by molar-refractivity contribution is -0.121. The smallest absolute Gasteiger partial charge is 0.241 e. The zero-order valence-corrected chi connectivity index (χ0v) is 13.5. The van der Waals surface area contributed by atoms with Crippen LogP contribution in [0.15, 0.2) is 42.7 Å². The predicted octanol–water partition coefficient (Wildman–Crippen LogP) is 2.45. The van der Waals surface area contributed by atoms with Crippen molar-refractivity contribution in [1.29, 1.82) is 0 Å². The summed E-state index contributed by atoms with van der Waals surface area (Å²) in [5.41, 5.74) is 2.43. The van der Waals surface area contributed by atoms with Crippen molar-refractivity contribution in [3.63, 3.8) is 0 Å². The van der Waals surface area contributed by atoms with E-state index in [4.69, 9.17) is 0 Å². The van der Waals surface area contributed by atoms with E-state index in [-0.39, 0.29) is 12.5 Å². The number of hydrogen-bond acceptors (Lipinski definition) is 3. The zero-order chi connectivity index (χ0) is 16.1. The van der Waals surface area contributed by atoms with Crippen LogP contribution in [-0.4, -0.2) is 28.8 Å². The SMILES string of the molecule is CNC(=O)Cn1cc(N[C@@H]2CC[C@H](Cc3ccccc3)C2)cn1. The molecule has 1 aromatic carbocycles. The molecular formula is C18H24N4O. The zero-order valence-electron chi connectivity index (χ0n) is 13.5. The van der Waals surface area contributed by atoms with Gasteiger partial charge in [0.15, 0.2) is 0 Å². The van der Waals surface area contributed by atoms with E-state index >= 15 is 0 Å². The maximum Gasteiger partial charge on any atom is 0.241 e. The number of aromatic nitrogens is 2. The molecule has 1 aliphatic carbocycles. The minimum atomic E-state index is -0.0385. The van der Waals surface area contributed by atoms with Gasteiger partial charge < -0.3 is 10.6 Å². The van der Waals surface area contributed by atoms with Crippen LogP contribution >= 0.6 is 0 Å². The molecule has 0 bridgehead atoms. The van der Waals surface area contributed by atoms with Gasteiger partial charge in [0, 0.05) is 19.3 Å². The Labute approximate surface area is 137 Å². The monoisotopic (exact) mass is 312 g/mol. The number of hydrogen-bond donors (Lipinski definition) is 2. The van der Waals surface area contributed by atoms with Crippen LogP contribution in [0.2, 0.25) is 0 Å². The van der Waals surface area contributed by atoms with Crippen LogP contribution in [0.5, 0.6) is 0 Å². The Balaban J connectivity index is 1.49. The largest absolute Gasteiger partial charge is 0.380 e. The predicted molar refractivity (Wildman–Crippen MR) is 91.2 cm³/mol. The van der Waals surface area contributed by atoms with Gasteiger partial charge in [-0.25, -0.2) is 0 Å². The first-order valence-electron chi connectivity index (χ1n) is 8.26. The molecule has 2 aromatic rings. The summed E-state index contributed by atoms with van der Waals surface area (Å²) in [6.07, 6.45) is 8.51. The Kier molecular flexibility index (Phi) is 4.95. The summed E-state index contributed by atoms with van der Waals surface area (Å²) in [6.45, 7) is 0.263. The molecule has 1 saturated carbocycles. The minimum Gasteiger partial charge on any atom is -0.380 e. The van der Waals surface area contributed by atoms with E-state index in [1.165, 1.54) is 24.8 Å². The second kappa shape index (κ2) is 7.31. The highest BCUT2D eigenvalue weighted by molar-refractivity contribution is 5.75.